The molecule has 13 heavy (non-hydrogen) atoms. The highest BCUT2D eigenvalue weighted by atomic mass is 16.5. The Labute approximate surface area is 79.3 Å². The van der Waals surface area contributed by atoms with E-state index in [0.717, 1.165) is 18.6 Å². The van der Waals surface area contributed by atoms with E-state index in [1.54, 1.807) is 0 Å². The Kier molecular flexibility index (Phi) is 1.94. The summed E-state index contributed by atoms with van der Waals surface area (Å²) in [5, 5.41) is 4.15. The number of aryl methyl sites for hydroxylation is 1. The van der Waals surface area contributed by atoms with Gasteiger partial charge in [0.15, 0.2) is 0 Å². The average molecular weight is 179 g/mol. The van der Waals surface area contributed by atoms with Gasteiger partial charge in [-0.1, -0.05) is 25.9 Å². The monoisotopic (exact) mass is 179 g/mol. The second-order valence-corrected chi connectivity index (χ2v) is 4.89. The van der Waals surface area contributed by atoms with Gasteiger partial charge >= 0.3 is 0 Å². The third-order valence-corrected chi connectivity index (χ3v) is 2.64. The van der Waals surface area contributed by atoms with E-state index in [0.29, 0.717) is 0 Å². The largest absolute Gasteiger partial charge is 0.360 e. The molecule has 0 radical (unpaired) electrons. The Hall–Kier alpha value is -0.790. The van der Waals surface area contributed by atoms with Crippen LogP contribution in [-0.4, -0.2) is 5.16 Å². The third kappa shape index (κ3) is 1.50. The smallest absolute Gasteiger partial charge is 0.145 e. The van der Waals surface area contributed by atoms with Gasteiger partial charge in [0.2, 0.25) is 0 Å². The minimum atomic E-state index is 0.109. The maximum atomic E-state index is 5.43. The molecule has 2 nitrogen and oxygen atoms in total. The van der Waals surface area contributed by atoms with Gasteiger partial charge in [-0.2, -0.15) is 0 Å². The molecule has 2 rings (SSSR count). The zero-order chi connectivity index (χ0) is 9.47. The SMILES string of the molecule is CC(C)(C)c1onc2c1CCCC2. The second kappa shape index (κ2) is 2.86. The first-order chi connectivity index (χ1) is 6.09. The molecule has 0 saturated carbocycles. The molecular formula is C11H17NO. The van der Waals surface area contributed by atoms with Gasteiger partial charge in [0.25, 0.3) is 0 Å². The van der Waals surface area contributed by atoms with Crippen LogP contribution >= 0.6 is 0 Å². The van der Waals surface area contributed by atoms with E-state index in [2.05, 4.69) is 25.9 Å². The molecule has 1 aromatic heterocycles. The second-order valence-electron chi connectivity index (χ2n) is 4.89. The fourth-order valence-corrected chi connectivity index (χ4v) is 1.98. The van der Waals surface area contributed by atoms with Crippen molar-refractivity contribution in [2.45, 2.75) is 51.9 Å². The lowest BCUT2D eigenvalue weighted by molar-refractivity contribution is 0.325. The van der Waals surface area contributed by atoms with Crippen molar-refractivity contribution in [1.29, 1.82) is 0 Å². The Bertz CT molecular complexity index is 306. The predicted octanol–water partition coefficient (Wildman–Crippen LogP) is 2.85. The number of nitrogens with zero attached hydrogens (tertiary/aromatic N) is 1. The summed E-state index contributed by atoms with van der Waals surface area (Å²) >= 11 is 0. The lowest BCUT2D eigenvalue weighted by Gasteiger charge is -2.17. The molecule has 0 spiro atoms. The maximum Gasteiger partial charge on any atom is 0.145 e. The Morgan fingerprint density at radius 2 is 1.85 bits per heavy atom. The molecule has 0 atom stereocenters. The molecule has 0 N–H and O–H groups in total. The summed E-state index contributed by atoms with van der Waals surface area (Å²) in [7, 11) is 0. The maximum absolute atomic E-state index is 5.43. The normalized spacial score (nSPS) is 17.2. The summed E-state index contributed by atoms with van der Waals surface area (Å²) in [5.74, 6) is 1.10. The highest BCUT2D eigenvalue weighted by molar-refractivity contribution is 5.29. The van der Waals surface area contributed by atoms with E-state index in [1.165, 1.54) is 24.1 Å². The van der Waals surface area contributed by atoms with E-state index in [4.69, 9.17) is 4.52 Å². The first kappa shape index (κ1) is 8.79. The first-order valence-corrected chi connectivity index (χ1v) is 5.07. The molecule has 0 bridgehead atoms. The van der Waals surface area contributed by atoms with E-state index < -0.39 is 0 Å². The number of rotatable bonds is 0. The molecule has 0 amide bonds. The number of fused-ring (bicyclic) bond motifs is 1. The van der Waals surface area contributed by atoms with Crippen LogP contribution in [0.4, 0.5) is 0 Å². The Morgan fingerprint density at radius 1 is 1.15 bits per heavy atom. The molecule has 1 aliphatic carbocycles. The number of hydrogen-bond donors (Lipinski definition) is 0. The third-order valence-electron chi connectivity index (χ3n) is 2.64. The molecule has 0 aliphatic heterocycles. The van der Waals surface area contributed by atoms with Crippen molar-refractivity contribution in [2.24, 2.45) is 0 Å². The molecule has 72 valence electrons. The van der Waals surface area contributed by atoms with Crippen molar-refractivity contribution in [2.75, 3.05) is 0 Å². The quantitative estimate of drug-likeness (QED) is 0.612. The van der Waals surface area contributed by atoms with Crippen molar-refractivity contribution >= 4 is 0 Å². The van der Waals surface area contributed by atoms with Crippen molar-refractivity contribution in [1.82, 2.24) is 5.16 Å². The lowest BCUT2D eigenvalue weighted by Crippen LogP contribution is -2.14. The summed E-state index contributed by atoms with van der Waals surface area (Å²) in [4.78, 5) is 0. The van der Waals surface area contributed by atoms with Crippen molar-refractivity contribution < 1.29 is 4.52 Å². The lowest BCUT2D eigenvalue weighted by atomic mass is 9.85. The van der Waals surface area contributed by atoms with Gasteiger partial charge < -0.3 is 4.52 Å². The summed E-state index contributed by atoms with van der Waals surface area (Å²) in [6.45, 7) is 6.55. The van der Waals surface area contributed by atoms with Crippen LogP contribution in [0.5, 0.6) is 0 Å². The Morgan fingerprint density at radius 3 is 2.54 bits per heavy atom. The van der Waals surface area contributed by atoms with Gasteiger partial charge in [0.1, 0.15) is 5.76 Å². The summed E-state index contributed by atoms with van der Waals surface area (Å²) in [6.07, 6.45) is 4.82. The zero-order valence-electron chi connectivity index (χ0n) is 8.68. The van der Waals surface area contributed by atoms with Crippen LogP contribution in [0, 0.1) is 0 Å². The van der Waals surface area contributed by atoms with Crippen LogP contribution in [0.15, 0.2) is 4.52 Å². The van der Waals surface area contributed by atoms with Crippen LogP contribution in [-0.2, 0) is 18.3 Å². The topological polar surface area (TPSA) is 26.0 Å². The Balaban J connectivity index is 2.43. The molecule has 0 aromatic carbocycles. The fourth-order valence-electron chi connectivity index (χ4n) is 1.98. The molecule has 0 fully saturated rings. The summed E-state index contributed by atoms with van der Waals surface area (Å²) in [5.41, 5.74) is 2.70. The standard InChI is InChI=1S/C11H17NO/c1-11(2,3)10-8-6-4-5-7-9(8)12-13-10/h4-7H2,1-3H3. The number of hydrogen-bond acceptors (Lipinski definition) is 2. The molecule has 2 heteroatoms. The highest BCUT2D eigenvalue weighted by Gasteiger charge is 2.27. The van der Waals surface area contributed by atoms with Gasteiger partial charge in [-0.05, 0) is 25.7 Å². The van der Waals surface area contributed by atoms with E-state index in [1.807, 2.05) is 0 Å². The number of aromatic nitrogens is 1. The molecule has 0 unspecified atom stereocenters. The van der Waals surface area contributed by atoms with E-state index in [9.17, 15) is 0 Å². The first-order valence-electron chi connectivity index (χ1n) is 5.07. The molecule has 0 saturated heterocycles. The van der Waals surface area contributed by atoms with Crippen LogP contribution in [0.2, 0.25) is 0 Å². The molecule has 1 aliphatic rings. The highest BCUT2D eigenvalue weighted by Crippen LogP contribution is 2.31. The van der Waals surface area contributed by atoms with Gasteiger partial charge in [0, 0.05) is 11.0 Å². The minimum absolute atomic E-state index is 0.109. The van der Waals surface area contributed by atoms with Gasteiger partial charge in [-0.15, -0.1) is 0 Å². The summed E-state index contributed by atoms with van der Waals surface area (Å²) in [6, 6.07) is 0. The van der Waals surface area contributed by atoms with Gasteiger partial charge in [-0.3, -0.25) is 0 Å². The van der Waals surface area contributed by atoms with Crippen molar-refractivity contribution in [3.8, 4) is 0 Å². The molecule has 1 aromatic rings. The molecule has 1 heterocycles. The predicted molar refractivity (Wildman–Crippen MR) is 51.8 cm³/mol. The van der Waals surface area contributed by atoms with Gasteiger partial charge in [0.05, 0.1) is 5.69 Å². The van der Waals surface area contributed by atoms with Crippen molar-refractivity contribution in [3.63, 3.8) is 0 Å². The zero-order valence-corrected chi connectivity index (χ0v) is 8.68. The van der Waals surface area contributed by atoms with Gasteiger partial charge in [-0.25, -0.2) is 0 Å². The van der Waals surface area contributed by atoms with Crippen LogP contribution < -0.4 is 0 Å². The van der Waals surface area contributed by atoms with Crippen LogP contribution in [0.3, 0.4) is 0 Å². The van der Waals surface area contributed by atoms with Crippen LogP contribution in [0.1, 0.15) is 50.6 Å². The van der Waals surface area contributed by atoms with Crippen molar-refractivity contribution in [3.05, 3.63) is 17.0 Å². The average Bonchev–Trinajstić information content (AvgIpc) is 2.45. The fraction of sp³-hybridized carbons (Fsp3) is 0.727. The minimum Gasteiger partial charge on any atom is -0.360 e. The van der Waals surface area contributed by atoms with E-state index >= 15 is 0 Å². The molecular weight excluding hydrogens is 162 g/mol. The van der Waals surface area contributed by atoms with E-state index in [-0.39, 0.29) is 5.41 Å². The van der Waals surface area contributed by atoms with Crippen LogP contribution in [0.25, 0.3) is 0 Å². The summed E-state index contributed by atoms with van der Waals surface area (Å²) < 4.78 is 5.43.